The normalized spacial score (nSPS) is 19.6. The topological polar surface area (TPSA) is 42.0 Å². The Morgan fingerprint density at radius 3 is 2.84 bits per heavy atom. The number of ether oxygens (including phenoxy) is 2. The van der Waals surface area contributed by atoms with E-state index in [1.165, 1.54) is 11.8 Å². The highest BCUT2D eigenvalue weighted by molar-refractivity contribution is 8.26. The number of morpholine rings is 1. The second-order valence-corrected chi connectivity index (χ2v) is 7.28. The summed E-state index contributed by atoms with van der Waals surface area (Å²) in [5.74, 6) is 0.646. The molecule has 0 radical (unpaired) electrons. The van der Waals surface area contributed by atoms with Crippen molar-refractivity contribution in [3.8, 4) is 5.75 Å². The zero-order valence-electron chi connectivity index (χ0n) is 14.1. The van der Waals surface area contributed by atoms with E-state index >= 15 is 0 Å². The fraction of sp³-hybridized carbons (Fsp3) is 0.333. The van der Waals surface area contributed by atoms with Gasteiger partial charge in [0.15, 0.2) is 0 Å². The molecule has 7 heteroatoms. The fourth-order valence-corrected chi connectivity index (χ4v) is 4.03. The molecule has 1 aromatic rings. The van der Waals surface area contributed by atoms with Crippen LogP contribution in [0.5, 0.6) is 5.75 Å². The molecule has 0 saturated carbocycles. The third-order valence-corrected chi connectivity index (χ3v) is 5.44. The molecule has 2 saturated heterocycles. The SMILES string of the molecule is C=CCN1C(=O)/C(=C/c2ccc(N3CCOCC3)cc2OC)SC1=S. The zero-order chi connectivity index (χ0) is 17.8. The Morgan fingerprint density at radius 2 is 2.16 bits per heavy atom. The molecule has 0 spiro atoms. The molecule has 132 valence electrons. The first-order valence-electron chi connectivity index (χ1n) is 8.01. The fourth-order valence-electron chi connectivity index (χ4n) is 2.77. The molecule has 0 aliphatic carbocycles. The lowest BCUT2D eigenvalue weighted by atomic mass is 10.1. The molecule has 0 bridgehead atoms. The van der Waals surface area contributed by atoms with E-state index in [-0.39, 0.29) is 5.91 Å². The van der Waals surface area contributed by atoms with Gasteiger partial charge in [-0.3, -0.25) is 9.69 Å². The second-order valence-electron chi connectivity index (χ2n) is 5.61. The summed E-state index contributed by atoms with van der Waals surface area (Å²) in [5.41, 5.74) is 1.95. The number of thiocarbonyl (C=S) groups is 1. The Hall–Kier alpha value is -1.83. The summed E-state index contributed by atoms with van der Waals surface area (Å²) >= 11 is 6.58. The molecule has 0 N–H and O–H groups in total. The van der Waals surface area contributed by atoms with Crippen LogP contribution in [0.2, 0.25) is 0 Å². The summed E-state index contributed by atoms with van der Waals surface area (Å²) in [6.07, 6.45) is 3.51. The van der Waals surface area contributed by atoms with Gasteiger partial charge in [-0.15, -0.1) is 6.58 Å². The number of anilines is 1. The third-order valence-electron chi connectivity index (χ3n) is 4.07. The largest absolute Gasteiger partial charge is 0.496 e. The number of hydrogen-bond donors (Lipinski definition) is 0. The molecule has 0 aromatic heterocycles. The quantitative estimate of drug-likeness (QED) is 0.447. The van der Waals surface area contributed by atoms with Crippen LogP contribution in [0.15, 0.2) is 35.8 Å². The molecule has 5 nitrogen and oxygen atoms in total. The van der Waals surface area contributed by atoms with Gasteiger partial charge in [0.1, 0.15) is 10.1 Å². The minimum atomic E-state index is -0.0887. The van der Waals surface area contributed by atoms with E-state index in [2.05, 4.69) is 11.5 Å². The van der Waals surface area contributed by atoms with Crippen molar-refractivity contribution in [1.82, 2.24) is 4.90 Å². The predicted molar refractivity (Wildman–Crippen MR) is 106 cm³/mol. The molecule has 2 fully saturated rings. The first kappa shape index (κ1) is 18.0. The van der Waals surface area contributed by atoms with Gasteiger partial charge in [0.25, 0.3) is 5.91 Å². The number of methoxy groups -OCH3 is 1. The van der Waals surface area contributed by atoms with Crippen LogP contribution < -0.4 is 9.64 Å². The Balaban J connectivity index is 1.86. The van der Waals surface area contributed by atoms with E-state index < -0.39 is 0 Å². The lowest BCUT2D eigenvalue weighted by Gasteiger charge is -2.29. The maximum absolute atomic E-state index is 12.5. The van der Waals surface area contributed by atoms with Crippen molar-refractivity contribution in [2.45, 2.75) is 0 Å². The number of rotatable bonds is 5. The van der Waals surface area contributed by atoms with Crippen LogP contribution in [0.1, 0.15) is 5.56 Å². The highest BCUT2D eigenvalue weighted by Crippen LogP contribution is 2.35. The van der Waals surface area contributed by atoms with Crippen LogP contribution in [-0.2, 0) is 9.53 Å². The predicted octanol–water partition coefficient (Wildman–Crippen LogP) is 2.92. The molecule has 25 heavy (non-hydrogen) atoms. The maximum atomic E-state index is 12.5. The Bertz CT molecular complexity index is 727. The van der Waals surface area contributed by atoms with Crippen molar-refractivity contribution >= 4 is 46.0 Å². The standard InChI is InChI=1S/C18H20N2O3S2/c1-3-6-20-17(21)16(25-18(20)24)11-13-4-5-14(12-15(13)22-2)19-7-9-23-10-8-19/h3-5,11-12H,1,6-10H2,2H3/b16-11-. The number of carbonyl (C=O) groups is 1. The third kappa shape index (κ3) is 3.89. The molecule has 0 unspecified atom stereocenters. The number of amides is 1. The summed E-state index contributed by atoms with van der Waals surface area (Å²) in [4.78, 5) is 16.9. The average Bonchev–Trinajstić information content (AvgIpc) is 2.90. The first-order valence-corrected chi connectivity index (χ1v) is 9.23. The smallest absolute Gasteiger partial charge is 0.266 e. The summed E-state index contributed by atoms with van der Waals surface area (Å²) in [7, 11) is 1.64. The van der Waals surface area contributed by atoms with Crippen molar-refractivity contribution < 1.29 is 14.3 Å². The Labute approximate surface area is 157 Å². The number of carbonyl (C=O) groups excluding carboxylic acids is 1. The van der Waals surface area contributed by atoms with Crippen LogP contribution in [0.25, 0.3) is 6.08 Å². The summed E-state index contributed by atoms with van der Waals surface area (Å²) in [6.45, 7) is 7.29. The van der Waals surface area contributed by atoms with E-state index in [4.69, 9.17) is 21.7 Å². The average molecular weight is 377 g/mol. The van der Waals surface area contributed by atoms with Crippen molar-refractivity contribution in [1.29, 1.82) is 0 Å². The summed E-state index contributed by atoms with van der Waals surface area (Å²) < 4.78 is 11.5. The molecule has 0 atom stereocenters. The number of thioether (sulfide) groups is 1. The van der Waals surface area contributed by atoms with Gasteiger partial charge in [-0.2, -0.15) is 0 Å². The van der Waals surface area contributed by atoms with Gasteiger partial charge in [0.2, 0.25) is 0 Å². The first-order chi connectivity index (χ1) is 12.1. The van der Waals surface area contributed by atoms with Crippen LogP contribution in [0, 0.1) is 0 Å². The van der Waals surface area contributed by atoms with Gasteiger partial charge in [-0.05, 0) is 18.2 Å². The van der Waals surface area contributed by atoms with Crippen molar-refractivity contribution in [2.24, 2.45) is 0 Å². The second kappa shape index (κ2) is 8.03. The minimum absolute atomic E-state index is 0.0887. The van der Waals surface area contributed by atoms with Gasteiger partial charge in [0, 0.05) is 37.0 Å². The van der Waals surface area contributed by atoms with Gasteiger partial charge in [-0.25, -0.2) is 0 Å². The van der Waals surface area contributed by atoms with E-state index in [1.54, 1.807) is 18.1 Å². The lowest BCUT2D eigenvalue weighted by Crippen LogP contribution is -2.36. The maximum Gasteiger partial charge on any atom is 0.266 e. The molecule has 3 rings (SSSR count). The highest BCUT2D eigenvalue weighted by atomic mass is 32.2. The van der Waals surface area contributed by atoms with Crippen LogP contribution in [0.3, 0.4) is 0 Å². The van der Waals surface area contributed by atoms with Crippen LogP contribution >= 0.6 is 24.0 Å². The zero-order valence-corrected chi connectivity index (χ0v) is 15.7. The molecular weight excluding hydrogens is 356 g/mol. The van der Waals surface area contributed by atoms with Crippen molar-refractivity contribution in [2.75, 3.05) is 44.9 Å². The minimum Gasteiger partial charge on any atom is -0.496 e. The van der Waals surface area contributed by atoms with Gasteiger partial charge < -0.3 is 14.4 Å². The Kier molecular flexibility index (Phi) is 5.78. The van der Waals surface area contributed by atoms with Gasteiger partial charge in [0.05, 0.1) is 25.2 Å². The van der Waals surface area contributed by atoms with Gasteiger partial charge >= 0.3 is 0 Å². The molecular formula is C18H20N2O3S2. The van der Waals surface area contributed by atoms with Crippen LogP contribution in [-0.4, -0.2) is 55.1 Å². The molecule has 2 aliphatic heterocycles. The van der Waals surface area contributed by atoms with Crippen molar-refractivity contribution in [3.63, 3.8) is 0 Å². The van der Waals surface area contributed by atoms with Gasteiger partial charge in [-0.1, -0.05) is 30.1 Å². The van der Waals surface area contributed by atoms with E-state index in [1.807, 2.05) is 24.3 Å². The van der Waals surface area contributed by atoms with E-state index in [0.29, 0.717) is 15.8 Å². The summed E-state index contributed by atoms with van der Waals surface area (Å²) in [6, 6.07) is 6.02. The molecule has 2 heterocycles. The van der Waals surface area contributed by atoms with E-state index in [0.717, 1.165) is 43.3 Å². The molecule has 1 aromatic carbocycles. The lowest BCUT2D eigenvalue weighted by molar-refractivity contribution is -0.121. The monoisotopic (exact) mass is 376 g/mol. The number of hydrogen-bond acceptors (Lipinski definition) is 6. The van der Waals surface area contributed by atoms with E-state index in [9.17, 15) is 4.79 Å². The van der Waals surface area contributed by atoms with Crippen LogP contribution in [0.4, 0.5) is 5.69 Å². The Morgan fingerprint density at radius 1 is 1.40 bits per heavy atom. The molecule has 2 aliphatic rings. The number of benzene rings is 1. The molecule has 1 amide bonds. The van der Waals surface area contributed by atoms with Crippen molar-refractivity contribution in [3.05, 3.63) is 41.3 Å². The summed E-state index contributed by atoms with van der Waals surface area (Å²) in [5, 5.41) is 0. The highest BCUT2D eigenvalue weighted by Gasteiger charge is 2.31. The number of nitrogens with zero attached hydrogens (tertiary/aromatic N) is 2.